The number of carbonyl (C=O) groups excluding carboxylic acids is 1. The average molecular weight is 394 g/mol. The Morgan fingerprint density at radius 3 is 2.82 bits per heavy atom. The van der Waals surface area contributed by atoms with Gasteiger partial charge in [-0.05, 0) is 37.3 Å². The average Bonchev–Trinajstić information content (AvgIpc) is 3.14. The van der Waals surface area contributed by atoms with E-state index in [4.69, 9.17) is 9.15 Å². The summed E-state index contributed by atoms with van der Waals surface area (Å²) in [5.41, 5.74) is 0.933. The molecule has 0 saturated carbocycles. The highest BCUT2D eigenvalue weighted by Gasteiger charge is 2.21. The minimum Gasteiger partial charge on any atom is -0.484 e. The second-order valence-electron chi connectivity index (χ2n) is 6.44. The number of hydrogen-bond acceptors (Lipinski definition) is 6. The van der Waals surface area contributed by atoms with Gasteiger partial charge in [-0.2, -0.15) is 0 Å². The van der Waals surface area contributed by atoms with E-state index in [0.29, 0.717) is 11.3 Å². The van der Waals surface area contributed by atoms with Crippen molar-refractivity contribution < 1.29 is 13.9 Å². The van der Waals surface area contributed by atoms with Crippen molar-refractivity contribution >= 4 is 38.4 Å². The highest BCUT2D eigenvalue weighted by molar-refractivity contribution is 7.18. The number of amides is 1. The third-order valence-electron chi connectivity index (χ3n) is 4.60. The van der Waals surface area contributed by atoms with Crippen LogP contribution in [0.3, 0.4) is 0 Å². The molecule has 0 bridgehead atoms. The van der Waals surface area contributed by atoms with Gasteiger partial charge in [-0.3, -0.25) is 4.79 Å². The lowest BCUT2D eigenvalue weighted by Gasteiger charge is -2.23. The normalized spacial score (nSPS) is 12.2. The molecule has 0 aliphatic carbocycles. The topological polar surface area (TPSA) is 72.6 Å². The third-order valence-corrected chi connectivity index (χ3v) is 5.81. The Morgan fingerprint density at radius 2 is 2.00 bits per heavy atom. The first-order valence-corrected chi connectivity index (χ1v) is 9.61. The Hall–Kier alpha value is -3.19. The summed E-state index contributed by atoms with van der Waals surface area (Å²) in [6.45, 7) is 1.83. The molecule has 4 aromatic rings. The SMILES string of the molecule is C[C@H](c1nc2ccccc2s1)N(C)C(=O)COc1ccc2ccc(=O)oc2c1. The number of thiazole rings is 1. The standard InChI is InChI=1S/C21H18N2O4S/c1-13(21-22-16-5-3-4-6-18(16)28-21)23(2)19(24)12-26-15-9-7-14-8-10-20(25)27-17(14)11-15/h3-11,13H,12H2,1-2H3/t13-/m1/s1. The molecular formula is C21H18N2O4S. The van der Waals surface area contributed by atoms with E-state index in [1.54, 1.807) is 47.5 Å². The monoisotopic (exact) mass is 394 g/mol. The summed E-state index contributed by atoms with van der Waals surface area (Å²) < 4.78 is 11.9. The molecule has 6 nitrogen and oxygen atoms in total. The zero-order valence-electron chi connectivity index (χ0n) is 15.4. The van der Waals surface area contributed by atoms with E-state index in [1.807, 2.05) is 31.2 Å². The Morgan fingerprint density at radius 1 is 1.21 bits per heavy atom. The van der Waals surface area contributed by atoms with Crippen LogP contribution in [0.1, 0.15) is 18.0 Å². The maximum absolute atomic E-state index is 12.6. The molecule has 0 radical (unpaired) electrons. The van der Waals surface area contributed by atoms with Gasteiger partial charge >= 0.3 is 5.63 Å². The minimum atomic E-state index is -0.426. The second kappa shape index (κ2) is 7.44. The summed E-state index contributed by atoms with van der Waals surface area (Å²) in [6, 6.07) is 15.9. The van der Waals surface area contributed by atoms with E-state index in [1.165, 1.54) is 6.07 Å². The number of hydrogen-bond donors (Lipinski definition) is 0. The van der Waals surface area contributed by atoms with E-state index in [0.717, 1.165) is 20.6 Å². The quantitative estimate of drug-likeness (QED) is 0.479. The predicted octanol–water partition coefficient (Wildman–Crippen LogP) is 4.00. The molecule has 0 N–H and O–H groups in total. The number of rotatable bonds is 5. The molecule has 1 atom stereocenters. The molecule has 142 valence electrons. The van der Waals surface area contributed by atoms with E-state index in [2.05, 4.69) is 4.98 Å². The van der Waals surface area contributed by atoms with Crippen LogP contribution in [-0.4, -0.2) is 29.4 Å². The molecule has 0 saturated heterocycles. The first-order chi connectivity index (χ1) is 13.5. The first kappa shape index (κ1) is 18.2. The van der Waals surface area contributed by atoms with Crippen LogP contribution < -0.4 is 10.4 Å². The van der Waals surface area contributed by atoms with Gasteiger partial charge in [-0.1, -0.05) is 12.1 Å². The van der Waals surface area contributed by atoms with Gasteiger partial charge < -0.3 is 14.1 Å². The highest BCUT2D eigenvalue weighted by Crippen LogP contribution is 2.29. The molecule has 4 rings (SSSR count). The van der Waals surface area contributed by atoms with Gasteiger partial charge in [0.1, 0.15) is 16.3 Å². The number of nitrogens with zero attached hydrogens (tertiary/aromatic N) is 2. The van der Waals surface area contributed by atoms with Crippen molar-refractivity contribution in [3.63, 3.8) is 0 Å². The fourth-order valence-corrected chi connectivity index (χ4v) is 3.89. The number of fused-ring (bicyclic) bond motifs is 2. The first-order valence-electron chi connectivity index (χ1n) is 8.79. The van der Waals surface area contributed by atoms with Crippen molar-refractivity contribution in [2.24, 2.45) is 0 Å². The molecule has 2 aromatic carbocycles. The van der Waals surface area contributed by atoms with E-state index >= 15 is 0 Å². The molecule has 28 heavy (non-hydrogen) atoms. The zero-order chi connectivity index (χ0) is 19.7. The summed E-state index contributed by atoms with van der Waals surface area (Å²) >= 11 is 1.58. The van der Waals surface area contributed by atoms with Crippen LogP contribution in [0.2, 0.25) is 0 Å². The van der Waals surface area contributed by atoms with Crippen LogP contribution >= 0.6 is 11.3 Å². The highest BCUT2D eigenvalue weighted by atomic mass is 32.1. The van der Waals surface area contributed by atoms with Crippen LogP contribution in [0.4, 0.5) is 0 Å². The van der Waals surface area contributed by atoms with E-state index in [9.17, 15) is 9.59 Å². The summed E-state index contributed by atoms with van der Waals surface area (Å²) in [5, 5.41) is 1.67. The van der Waals surface area contributed by atoms with Crippen molar-refractivity contribution in [3.05, 3.63) is 70.0 Å². The number of aromatic nitrogens is 1. The molecule has 0 fully saturated rings. The lowest BCUT2D eigenvalue weighted by molar-refractivity contribution is -0.134. The van der Waals surface area contributed by atoms with Crippen molar-refractivity contribution in [2.45, 2.75) is 13.0 Å². The summed E-state index contributed by atoms with van der Waals surface area (Å²) in [5.74, 6) is 0.303. The van der Waals surface area contributed by atoms with Crippen molar-refractivity contribution in [1.82, 2.24) is 9.88 Å². The third kappa shape index (κ3) is 3.61. The maximum Gasteiger partial charge on any atom is 0.336 e. The van der Waals surface area contributed by atoms with E-state index < -0.39 is 5.63 Å². The zero-order valence-corrected chi connectivity index (χ0v) is 16.2. The molecule has 1 amide bonds. The largest absolute Gasteiger partial charge is 0.484 e. The fourth-order valence-electron chi connectivity index (χ4n) is 2.83. The van der Waals surface area contributed by atoms with Crippen molar-refractivity contribution in [1.29, 1.82) is 0 Å². The van der Waals surface area contributed by atoms with Gasteiger partial charge in [0.15, 0.2) is 6.61 Å². The number of benzene rings is 2. The molecule has 0 aliphatic heterocycles. The smallest absolute Gasteiger partial charge is 0.336 e. The van der Waals surface area contributed by atoms with Gasteiger partial charge in [0.2, 0.25) is 0 Å². The lowest BCUT2D eigenvalue weighted by Crippen LogP contribution is -2.33. The molecule has 7 heteroatoms. The van der Waals surface area contributed by atoms with Gasteiger partial charge in [-0.25, -0.2) is 9.78 Å². The number of likely N-dealkylation sites (N-methyl/N-ethyl adjacent to an activating group) is 1. The number of ether oxygens (including phenoxy) is 1. The summed E-state index contributed by atoms with van der Waals surface area (Å²) in [4.78, 5) is 30.2. The molecule has 2 aromatic heterocycles. The Labute approximate surface area is 165 Å². The van der Waals surface area contributed by atoms with Crippen LogP contribution in [0.25, 0.3) is 21.2 Å². The summed E-state index contributed by atoms with van der Waals surface area (Å²) in [7, 11) is 1.74. The lowest BCUT2D eigenvalue weighted by atomic mass is 10.2. The Balaban J connectivity index is 1.44. The molecule has 0 spiro atoms. The van der Waals surface area contributed by atoms with Gasteiger partial charge in [-0.15, -0.1) is 11.3 Å². The van der Waals surface area contributed by atoms with Gasteiger partial charge in [0.05, 0.1) is 16.3 Å². The Kier molecular flexibility index (Phi) is 4.83. The van der Waals surface area contributed by atoms with Crippen LogP contribution in [0, 0.1) is 0 Å². The Bertz CT molecular complexity index is 1180. The van der Waals surface area contributed by atoms with Gasteiger partial charge in [0, 0.05) is 24.6 Å². The minimum absolute atomic E-state index is 0.117. The van der Waals surface area contributed by atoms with E-state index in [-0.39, 0.29) is 18.6 Å². The van der Waals surface area contributed by atoms with Crippen LogP contribution in [-0.2, 0) is 4.79 Å². The van der Waals surface area contributed by atoms with Crippen LogP contribution in [0.5, 0.6) is 5.75 Å². The fraction of sp³-hybridized carbons (Fsp3) is 0.190. The maximum atomic E-state index is 12.6. The van der Waals surface area contributed by atoms with Crippen molar-refractivity contribution in [2.75, 3.05) is 13.7 Å². The van der Waals surface area contributed by atoms with Crippen LogP contribution in [0.15, 0.2) is 63.8 Å². The molecule has 0 unspecified atom stereocenters. The molecular weight excluding hydrogens is 376 g/mol. The number of carbonyl (C=O) groups is 1. The molecule has 0 aliphatic rings. The van der Waals surface area contributed by atoms with Gasteiger partial charge in [0.25, 0.3) is 5.91 Å². The second-order valence-corrected chi connectivity index (χ2v) is 7.51. The van der Waals surface area contributed by atoms with Crippen molar-refractivity contribution in [3.8, 4) is 5.75 Å². The predicted molar refractivity (Wildman–Crippen MR) is 109 cm³/mol. The number of para-hydroxylation sites is 1. The molecule has 2 heterocycles. The summed E-state index contributed by atoms with van der Waals surface area (Å²) in [6.07, 6.45) is 0.